The Morgan fingerprint density at radius 2 is 1.18 bits per heavy atom. The Kier molecular flexibility index (Phi) is 4.02. The molecule has 0 saturated heterocycles. The fourth-order valence-electron chi connectivity index (χ4n) is 5.85. The summed E-state index contributed by atoms with van der Waals surface area (Å²) in [7, 11) is 0. The van der Waals surface area contributed by atoms with E-state index in [9.17, 15) is 0 Å². The fourth-order valence-corrected chi connectivity index (χ4v) is 5.85. The lowest BCUT2D eigenvalue weighted by Crippen LogP contribution is -1.82. The number of pyridine rings is 1. The Bertz CT molecular complexity index is 2370. The van der Waals surface area contributed by atoms with E-state index in [-0.39, 0.29) is 0 Å². The normalized spacial score (nSPS) is 12.1. The molecule has 0 radical (unpaired) electrons. The molecule has 0 N–H and O–H groups in total. The van der Waals surface area contributed by atoms with Gasteiger partial charge < -0.3 is 13.2 Å². The number of fused-ring (bicyclic) bond motifs is 9. The van der Waals surface area contributed by atoms with Gasteiger partial charge in [-0.1, -0.05) is 54.6 Å². The molecule has 0 saturated carbocycles. The Hall–Kier alpha value is -5.35. The molecule has 0 atom stereocenters. The number of furan rings is 2. The first-order chi connectivity index (χ1) is 19.3. The predicted molar refractivity (Wildman–Crippen MR) is 158 cm³/mol. The van der Waals surface area contributed by atoms with E-state index >= 15 is 0 Å². The minimum Gasteiger partial charge on any atom is -0.452 e. The predicted octanol–water partition coefficient (Wildman–Crippen LogP) is 9.62. The molecule has 4 nitrogen and oxygen atoms in total. The van der Waals surface area contributed by atoms with Gasteiger partial charge in [-0.3, -0.25) is 0 Å². The van der Waals surface area contributed by atoms with Crippen molar-refractivity contribution < 1.29 is 8.83 Å². The second kappa shape index (κ2) is 7.59. The maximum Gasteiger partial charge on any atom is 0.178 e. The summed E-state index contributed by atoms with van der Waals surface area (Å²) in [6.07, 6.45) is 4.10. The number of para-hydroxylation sites is 1. The number of imidazole rings is 1. The lowest BCUT2D eigenvalue weighted by molar-refractivity contribution is 0.633. The summed E-state index contributed by atoms with van der Waals surface area (Å²) in [5.74, 6) is 0. The highest BCUT2D eigenvalue weighted by Crippen LogP contribution is 2.40. The average Bonchev–Trinajstić information content (AvgIpc) is 3.69. The van der Waals surface area contributed by atoms with Gasteiger partial charge in [0.1, 0.15) is 16.8 Å². The molecule has 9 aromatic rings. The van der Waals surface area contributed by atoms with E-state index in [1.54, 1.807) is 0 Å². The summed E-state index contributed by atoms with van der Waals surface area (Å²) in [6.45, 7) is 0. The molecule has 4 heteroatoms. The molecular weight excluding hydrogens is 480 g/mol. The summed E-state index contributed by atoms with van der Waals surface area (Å²) >= 11 is 0. The Balaban J connectivity index is 1.15. The molecule has 39 heavy (non-hydrogen) atoms. The van der Waals surface area contributed by atoms with Gasteiger partial charge in [-0.15, -0.1) is 0 Å². The van der Waals surface area contributed by atoms with Gasteiger partial charge in [-0.25, -0.2) is 4.98 Å². The molecule has 9 rings (SSSR count). The Morgan fingerprint density at radius 1 is 0.513 bits per heavy atom. The van der Waals surface area contributed by atoms with Crippen LogP contribution in [0, 0.1) is 0 Å². The van der Waals surface area contributed by atoms with E-state index < -0.39 is 0 Å². The topological polar surface area (TPSA) is 43.6 Å². The van der Waals surface area contributed by atoms with Crippen LogP contribution in [0.2, 0.25) is 0 Å². The highest BCUT2D eigenvalue weighted by molar-refractivity contribution is 6.19. The standard InChI is InChI=1S/C35H20N2O2/c1-2-6-31-26(5-1)27-13-14-28-29-19-24(12-15-32(29)39-35(28)34(27)38-31)22-8-9-23-18-25(11-10-21(23)17-22)30-20-37-16-4-3-7-33(37)36-30/h1-20H. The zero-order chi connectivity index (χ0) is 25.5. The van der Waals surface area contributed by atoms with Crippen molar-refractivity contribution >= 4 is 60.3 Å². The molecule has 4 heterocycles. The lowest BCUT2D eigenvalue weighted by atomic mass is 9.98. The van der Waals surface area contributed by atoms with Crippen molar-refractivity contribution in [3.05, 3.63) is 122 Å². The van der Waals surface area contributed by atoms with Gasteiger partial charge in [0.2, 0.25) is 0 Å². The van der Waals surface area contributed by atoms with Crippen LogP contribution >= 0.6 is 0 Å². The summed E-state index contributed by atoms with van der Waals surface area (Å²) in [6, 6.07) is 38.1. The maximum atomic E-state index is 6.33. The summed E-state index contributed by atoms with van der Waals surface area (Å²) in [5.41, 5.74) is 8.70. The van der Waals surface area contributed by atoms with Crippen LogP contribution < -0.4 is 0 Å². The van der Waals surface area contributed by atoms with Crippen LogP contribution in [0.15, 0.2) is 130 Å². The van der Waals surface area contributed by atoms with Gasteiger partial charge in [0.05, 0.1) is 5.69 Å². The van der Waals surface area contributed by atoms with E-state index in [0.717, 1.165) is 66.3 Å². The second-order valence-corrected chi connectivity index (χ2v) is 10.1. The third kappa shape index (κ3) is 3.03. The van der Waals surface area contributed by atoms with Crippen molar-refractivity contribution in [2.24, 2.45) is 0 Å². The molecule has 0 spiro atoms. The number of rotatable bonds is 2. The highest BCUT2D eigenvalue weighted by Gasteiger charge is 2.16. The number of hydrogen-bond acceptors (Lipinski definition) is 3. The summed E-state index contributed by atoms with van der Waals surface area (Å²) < 4.78 is 14.6. The van der Waals surface area contributed by atoms with E-state index in [4.69, 9.17) is 13.8 Å². The Morgan fingerprint density at radius 3 is 2.03 bits per heavy atom. The molecule has 0 bridgehead atoms. The minimum atomic E-state index is 0.800. The van der Waals surface area contributed by atoms with Crippen molar-refractivity contribution in [2.75, 3.05) is 0 Å². The molecule has 0 aliphatic rings. The zero-order valence-corrected chi connectivity index (χ0v) is 20.8. The van der Waals surface area contributed by atoms with Gasteiger partial charge in [0.25, 0.3) is 0 Å². The van der Waals surface area contributed by atoms with Crippen molar-refractivity contribution in [1.82, 2.24) is 9.38 Å². The first-order valence-electron chi connectivity index (χ1n) is 13.0. The molecule has 0 aliphatic carbocycles. The van der Waals surface area contributed by atoms with Gasteiger partial charge in [0, 0.05) is 39.5 Å². The van der Waals surface area contributed by atoms with Gasteiger partial charge in [0.15, 0.2) is 11.2 Å². The molecule has 182 valence electrons. The summed E-state index contributed by atoms with van der Waals surface area (Å²) in [5, 5.41) is 6.73. The smallest absolute Gasteiger partial charge is 0.178 e. The van der Waals surface area contributed by atoms with Crippen LogP contribution in [-0.2, 0) is 0 Å². The average molecular weight is 501 g/mol. The van der Waals surface area contributed by atoms with Crippen molar-refractivity contribution in [3.8, 4) is 22.4 Å². The van der Waals surface area contributed by atoms with Crippen molar-refractivity contribution in [2.45, 2.75) is 0 Å². The second-order valence-electron chi connectivity index (χ2n) is 10.1. The van der Waals surface area contributed by atoms with Gasteiger partial charge in [-0.05, 0) is 76.5 Å². The lowest BCUT2D eigenvalue weighted by Gasteiger charge is -2.06. The summed E-state index contributed by atoms with van der Waals surface area (Å²) in [4.78, 5) is 4.78. The fraction of sp³-hybridized carbons (Fsp3) is 0. The minimum absolute atomic E-state index is 0.800. The number of benzene rings is 5. The third-order valence-corrected chi connectivity index (χ3v) is 7.82. The van der Waals surface area contributed by atoms with Crippen LogP contribution in [0.25, 0.3) is 82.7 Å². The van der Waals surface area contributed by atoms with Crippen LogP contribution in [0.3, 0.4) is 0 Å². The van der Waals surface area contributed by atoms with Crippen LogP contribution in [0.1, 0.15) is 0 Å². The molecule has 0 fully saturated rings. The van der Waals surface area contributed by atoms with E-state index in [2.05, 4.69) is 83.4 Å². The van der Waals surface area contributed by atoms with Crippen molar-refractivity contribution in [3.63, 3.8) is 0 Å². The maximum absolute atomic E-state index is 6.33. The SMILES string of the molecule is c1ccc2c(c1)oc1c2ccc2c3cc(-c4ccc5cc(-c6cn7ccccc7n6)ccc5c4)ccc3oc21. The molecule has 0 aliphatic heterocycles. The van der Waals surface area contributed by atoms with Gasteiger partial charge >= 0.3 is 0 Å². The molecule has 5 aromatic carbocycles. The monoisotopic (exact) mass is 500 g/mol. The quantitative estimate of drug-likeness (QED) is 0.237. The molecule has 0 amide bonds. The van der Waals surface area contributed by atoms with Crippen molar-refractivity contribution in [1.29, 1.82) is 0 Å². The highest BCUT2D eigenvalue weighted by atomic mass is 16.4. The zero-order valence-electron chi connectivity index (χ0n) is 20.8. The van der Waals surface area contributed by atoms with E-state index in [1.165, 1.54) is 16.3 Å². The largest absolute Gasteiger partial charge is 0.452 e. The van der Waals surface area contributed by atoms with E-state index in [1.807, 2.05) is 42.6 Å². The molecular formula is C35H20N2O2. The van der Waals surface area contributed by atoms with Crippen LogP contribution in [0.4, 0.5) is 0 Å². The van der Waals surface area contributed by atoms with E-state index in [0.29, 0.717) is 0 Å². The van der Waals surface area contributed by atoms with Crippen LogP contribution in [0.5, 0.6) is 0 Å². The number of nitrogens with zero attached hydrogens (tertiary/aromatic N) is 2. The van der Waals surface area contributed by atoms with Crippen LogP contribution in [-0.4, -0.2) is 9.38 Å². The molecule has 0 unspecified atom stereocenters. The Labute approximate surface area is 222 Å². The third-order valence-electron chi connectivity index (χ3n) is 7.82. The van der Waals surface area contributed by atoms with Gasteiger partial charge in [-0.2, -0.15) is 0 Å². The first-order valence-corrected chi connectivity index (χ1v) is 13.0. The first kappa shape index (κ1) is 20.7. The molecule has 4 aromatic heterocycles. The number of aromatic nitrogens is 2. The number of hydrogen-bond donors (Lipinski definition) is 0.